The highest BCUT2D eigenvalue weighted by atomic mass is 35.5. The smallest absolute Gasteiger partial charge is 0.303 e. The molecular formula is C11H13ClN2O4. The molecule has 1 aromatic carbocycles. The second-order valence-electron chi connectivity index (χ2n) is 3.90. The van der Waals surface area contributed by atoms with Gasteiger partial charge in [-0.3, -0.25) is 14.9 Å². The lowest BCUT2D eigenvalue weighted by Crippen LogP contribution is -2.16. The standard InChI is InChI=1S/C11H13ClN2O4/c1-7(2-5-11(15)16)13-8-3-4-9(12)10(6-8)14(17)18/h3-4,6-7,13H,2,5H2,1H3,(H,15,16). The molecule has 1 rings (SSSR count). The second kappa shape index (κ2) is 6.20. The van der Waals surface area contributed by atoms with Crippen LogP contribution in [-0.2, 0) is 4.79 Å². The van der Waals surface area contributed by atoms with Crippen molar-refractivity contribution in [2.24, 2.45) is 0 Å². The van der Waals surface area contributed by atoms with Crippen molar-refractivity contribution < 1.29 is 14.8 Å². The monoisotopic (exact) mass is 272 g/mol. The van der Waals surface area contributed by atoms with Crippen LogP contribution < -0.4 is 5.32 Å². The van der Waals surface area contributed by atoms with Crippen molar-refractivity contribution in [1.82, 2.24) is 0 Å². The summed E-state index contributed by atoms with van der Waals surface area (Å²) in [6, 6.07) is 4.29. The van der Waals surface area contributed by atoms with Gasteiger partial charge in [0, 0.05) is 24.2 Å². The van der Waals surface area contributed by atoms with Crippen LogP contribution in [0.2, 0.25) is 5.02 Å². The number of carbonyl (C=O) groups is 1. The molecule has 0 aromatic heterocycles. The summed E-state index contributed by atoms with van der Waals surface area (Å²) < 4.78 is 0. The van der Waals surface area contributed by atoms with Gasteiger partial charge in [0.25, 0.3) is 5.69 Å². The topological polar surface area (TPSA) is 92.5 Å². The molecule has 0 aliphatic rings. The Labute approximate surface area is 109 Å². The number of hydrogen-bond donors (Lipinski definition) is 2. The molecule has 98 valence electrons. The Kier molecular flexibility index (Phi) is 4.91. The Bertz CT molecular complexity index is 464. The fraction of sp³-hybridized carbons (Fsp3) is 0.364. The van der Waals surface area contributed by atoms with Crippen LogP contribution in [-0.4, -0.2) is 22.0 Å². The number of nitrogens with zero attached hydrogens (tertiary/aromatic N) is 1. The lowest BCUT2D eigenvalue weighted by Gasteiger charge is -2.14. The molecule has 0 spiro atoms. The van der Waals surface area contributed by atoms with Gasteiger partial charge in [0.2, 0.25) is 0 Å². The number of nitro benzene ring substituents is 1. The van der Waals surface area contributed by atoms with Gasteiger partial charge in [-0.2, -0.15) is 0 Å². The number of aliphatic carboxylic acids is 1. The van der Waals surface area contributed by atoms with Crippen molar-refractivity contribution in [2.75, 3.05) is 5.32 Å². The number of rotatable bonds is 6. The molecule has 0 heterocycles. The summed E-state index contributed by atoms with van der Waals surface area (Å²) in [7, 11) is 0. The van der Waals surface area contributed by atoms with E-state index in [1.165, 1.54) is 12.1 Å². The highest BCUT2D eigenvalue weighted by Gasteiger charge is 2.13. The third-order valence-electron chi connectivity index (χ3n) is 2.35. The van der Waals surface area contributed by atoms with Crippen LogP contribution in [0.1, 0.15) is 19.8 Å². The first-order valence-corrected chi connectivity index (χ1v) is 5.70. The molecule has 0 aliphatic heterocycles. The van der Waals surface area contributed by atoms with E-state index in [1.807, 2.05) is 6.92 Å². The molecule has 6 nitrogen and oxygen atoms in total. The molecular weight excluding hydrogens is 260 g/mol. The Morgan fingerprint density at radius 1 is 1.61 bits per heavy atom. The summed E-state index contributed by atoms with van der Waals surface area (Å²) >= 11 is 5.68. The molecule has 1 atom stereocenters. The van der Waals surface area contributed by atoms with Gasteiger partial charge >= 0.3 is 5.97 Å². The van der Waals surface area contributed by atoms with Gasteiger partial charge in [-0.15, -0.1) is 0 Å². The minimum absolute atomic E-state index is 0.0455. The molecule has 0 saturated carbocycles. The summed E-state index contributed by atoms with van der Waals surface area (Å²) in [4.78, 5) is 20.5. The van der Waals surface area contributed by atoms with Crippen molar-refractivity contribution in [2.45, 2.75) is 25.8 Å². The third-order valence-corrected chi connectivity index (χ3v) is 2.67. The van der Waals surface area contributed by atoms with Gasteiger partial charge in [0.05, 0.1) is 4.92 Å². The van der Waals surface area contributed by atoms with Crippen molar-refractivity contribution in [3.05, 3.63) is 33.3 Å². The predicted octanol–water partition coefficient (Wildman–Crippen LogP) is 2.91. The number of carboxylic acids is 1. The summed E-state index contributed by atoms with van der Waals surface area (Å²) in [6.45, 7) is 1.81. The van der Waals surface area contributed by atoms with E-state index < -0.39 is 10.9 Å². The van der Waals surface area contributed by atoms with Crippen LogP contribution in [0.5, 0.6) is 0 Å². The molecule has 0 amide bonds. The Balaban J connectivity index is 2.70. The number of hydrogen-bond acceptors (Lipinski definition) is 4. The molecule has 1 aromatic rings. The van der Waals surface area contributed by atoms with Crippen LogP contribution >= 0.6 is 11.6 Å². The van der Waals surface area contributed by atoms with E-state index >= 15 is 0 Å². The predicted molar refractivity (Wildman–Crippen MR) is 68.1 cm³/mol. The number of benzene rings is 1. The van der Waals surface area contributed by atoms with E-state index in [1.54, 1.807) is 6.07 Å². The van der Waals surface area contributed by atoms with Crippen molar-refractivity contribution in [1.29, 1.82) is 0 Å². The van der Waals surface area contributed by atoms with Gasteiger partial charge < -0.3 is 10.4 Å². The van der Waals surface area contributed by atoms with E-state index in [2.05, 4.69) is 5.32 Å². The molecule has 0 radical (unpaired) electrons. The second-order valence-corrected chi connectivity index (χ2v) is 4.31. The summed E-state index contributed by atoms with van der Waals surface area (Å²) in [5.74, 6) is -0.870. The quantitative estimate of drug-likeness (QED) is 0.613. The van der Waals surface area contributed by atoms with Crippen LogP contribution in [0, 0.1) is 10.1 Å². The highest BCUT2D eigenvalue weighted by molar-refractivity contribution is 6.32. The lowest BCUT2D eigenvalue weighted by atomic mass is 10.1. The zero-order valence-electron chi connectivity index (χ0n) is 9.72. The van der Waals surface area contributed by atoms with Gasteiger partial charge in [0.15, 0.2) is 0 Å². The van der Waals surface area contributed by atoms with Crippen molar-refractivity contribution in [3.63, 3.8) is 0 Å². The molecule has 1 unspecified atom stereocenters. The Morgan fingerprint density at radius 2 is 2.28 bits per heavy atom. The van der Waals surface area contributed by atoms with Crippen LogP contribution in [0.3, 0.4) is 0 Å². The molecule has 18 heavy (non-hydrogen) atoms. The fourth-order valence-corrected chi connectivity index (χ4v) is 1.63. The van der Waals surface area contributed by atoms with E-state index in [4.69, 9.17) is 16.7 Å². The minimum atomic E-state index is -0.870. The van der Waals surface area contributed by atoms with Gasteiger partial charge in [-0.1, -0.05) is 11.6 Å². The SMILES string of the molecule is CC(CCC(=O)O)Nc1ccc(Cl)c([N+](=O)[O-])c1. The third kappa shape index (κ3) is 4.21. The molecule has 0 saturated heterocycles. The van der Waals surface area contributed by atoms with Crippen molar-refractivity contribution in [3.8, 4) is 0 Å². The molecule has 0 aliphatic carbocycles. The summed E-state index contributed by atoms with van der Waals surface area (Å²) in [6.07, 6.45) is 0.482. The molecule has 7 heteroatoms. The molecule has 0 fully saturated rings. The molecule has 0 bridgehead atoms. The summed E-state index contributed by atoms with van der Waals surface area (Å²) in [5.41, 5.74) is 0.371. The fourth-order valence-electron chi connectivity index (χ4n) is 1.44. The highest BCUT2D eigenvalue weighted by Crippen LogP contribution is 2.27. The minimum Gasteiger partial charge on any atom is -0.481 e. The zero-order valence-corrected chi connectivity index (χ0v) is 10.5. The number of halogens is 1. The number of nitro groups is 1. The summed E-state index contributed by atoms with van der Waals surface area (Å²) in [5, 5.41) is 22.3. The van der Waals surface area contributed by atoms with E-state index in [0.717, 1.165) is 0 Å². The van der Waals surface area contributed by atoms with Gasteiger partial charge in [-0.25, -0.2) is 0 Å². The average Bonchev–Trinajstić information content (AvgIpc) is 2.28. The molecule has 2 N–H and O–H groups in total. The number of carboxylic acid groups (broad SMARTS) is 1. The maximum absolute atomic E-state index is 10.7. The first-order chi connectivity index (χ1) is 8.40. The first-order valence-electron chi connectivity index (χ1n) is 5.32. The van der Waals surface area contributed by atoms with E-state index in [0.29, 0.717) is 12.1 Å². The van der Waals surface area contributed by atoms with E-state index in [-0.39, 0.29) is 23.2 Å². The number of nitrogens with one attached hydrogen (secondary N) is 1. The van der Waals surface area contributed by atoms with Crippen molar-refractivity contribution >= 4 is 28.9 Å². The lowest BCUT2D eigenvalue weighted by molar-refractivity contribution is -0.384. The first kappa shape index (κ1) is 14.2. The zero-order chi connectivity index (χ0) is 13.7. The Hall–Kier alpha value is -1.82. The van der Waals surface area contributed by atoms with Crippen LogP contribution in [0.25, 0.3) is 0 Å². The Morgan fingerprint density at radius 3 is 2.83 bits per heavy atom. The van der Waals surface area contributed by atoms with Crippen LogP contribution in [0.4, 0.5) is 11.4 Å². The average molecular weight is 273 g/mol. The van der Waals surface area contributed by atoms with Gasteiger partial charge in [0.1, 0.15) is 5.02 Å². The van der Waals surface area contributed by atoms with E-state index in [9.17, 15) is 14.9 Å². The largest absolute Gasteiger partial charge is 0.481 e. The van der Waals surface area contributed by atoms with Crippen LogP contribution in [0.15, 0.2) is 18.2 Å². The normalized spacial score (nSPS) is 11.9. The maximum atomic E-state index is 10.7. The van der Waals surface area contributed by atoms with Gasteiger partial charge in [-0.05, 0) is 25.5 Å². The maximum Gasteiger partial charge on any atom is 0.303 e. The number of anilines is 1.